The third-order valence-electron chi connectivity index (χ3n) is 4.25. The van der Waals surface area contributed by atoms with Crippen LogP contribution in [0, 0.1) is 5.82 Å². The van der Waals surface area contributed by atoms with Gasteiger partial charge in [0.15, 0.2) is 23.9 Å². The Morgan fingerprint density at radius 2 is 1.77 bits per heavy atom. The van der Waals surface area contributed by atoms with Crippen molar-refractivity contribution in [1.29, 1.82) is 0 Å². The molecule has 0 aliphatic heterocycles. The highest BCUT2D eigenvalue weighted by Gasteiger charge is 2.19. The lowest BCUT2D eigenvalue weighted by Gasteiger charge is -2.25. The molecule has 0 saturated carbocycles. The van der Waals surface area contributed by atoms with Crippen LogP contribution in [0.3, 0.4) is 0 Å². The Morgan fingerprint density at radius 1 is 1.12 bits per heavy atom. The zero-order valence-corrected chi connectivity index (χ0v) is 15.3. The molecule has 2 rings (SSSR count). The largest absolute Gasteiger partial charge is 0.493 e. The van der Waals surface area contributed by atoms with Crippen LogP contribution in [0.25, 0.3) is 0 Å². The van der Waals surface area contributed by atoms with E-state index in [2.05, 4.69) is 0 Å². The first-order chi connectivity index (χ1) is 12.3. The molecule has 0 heterocycles. The summed E-state index contributed by atoms with van der Waals surface area (Å²) in [5, 5.41) is 0. The third-order valence-corrected chi connectivity index (χ3v) is 4.25. The second kappa shape index (κ2) is 8.47. The van der Waals surface area contributed by atoms with Gasteiger partial charge in [-0.05, 0) is 49.7 Å². The highest BCUT2D eigenvalue weighted by molar-refractivity contribution is 5.94. The number of amides is 1. The van der Waals surface area contributed by atoms with Gasteiger partial charge in [-0.3, -0.25) is 9.59 Å². The molecule has 26 heavy (non-hydrogen) atoms. The number of carbonyl (C=O) groups excluding carboxylic acids is 2. The van der Waals surface area contributed by atoms with E-state index in [9.17, 15) is 14.0 Å². The summed E-state index contributed by atoms with van der Waals surface area (Å²) in [5.74, 6) is 0.131. The SMILES string of the molecule is COc1cc(C(C)=O)ccc1OCC(=O)N(C)C(C)c1ccc(F)cc1. The zero-order chi connectivity index (χ0) is 19.3. The smallest absolute Gasteiger partial charge is 0.260 e. The molecule has 1 amide bonds. The molecule has 6 heteroatoms. The van der Waals surface area contributed by atoms with E-state index in [0.717, 1.165) is 5.56 Å². The number of hydrogen-bond acceptors (Lipinski definition) is 4. The van der Waals surface area contributed by atoms with Crippen LogP contribution in [0.15, 0.2) is 42.5 Å². The summed E-state index contributed by atoms with van der Waals surface area (Å²) in [4.78, 5) is 25.4. The van der Waals surface area contributed by atoms with E-state index in [1.807, 2.05) is 6.92 Å². The van der Waals surface area contributed by atoms with Crippen molar-refractivity contribution in [2.24, 2.45) is 0 Å². The molecule has 0 aliphatic rings. The number of likely N-dealkylation sites (N-methyl/N-ethyl adjacent to an activating group) is 1. The lowest BCUT2D eigenvalue weighted by Crippen LogP contribution is -2.33. The lowest BCUT2D eigenvalue weighted by molar-refractivity contribution is -0.134. The summed E-state index contributed by atoms with van der Waals surface area (Å²) >= 11 is 0. The second-order valence-corrected chi connectivity index (χ2v) is 5.94. The Hall–Kier alpha value is -2.89. The average molecular weight is 359 g/mol. The van der Waals surface area contributed by atoms with E-state index in [-0.39, 0.29) is 30.2 Å². The maximum atomic E-state index is 13.0. The number of halogens is 1. The third kappa shape index (κ3) is 4.59. The fourth-order valence-electron chi connectivity index (χ4n) is 2.43. The number of hydrogen-bond donors (Lipinski definition) is 0. The first-order valence-electron chi connectivity index (χ1n) is 8.16. The van der Waals surface area contributed by atoms with E-state index in [0.29, 0.717) is 17.1 Å². The maximum Gasteiger partial charge on any atom is 0.260 e. The van der Waals surface area contributed by atoms with Crippen LogP contribution in [0.2, 0.25) is 0 Å². The quantitative estimate of drug-likeness (QED) is 0.709. The van der Waals surface area contributed by atoms with Crippen molar-refractivity contribution in [3.8, 4) is 11.5 Å². The normalized spacial score (nSPS) is 11.6. The Labute approximate surface area is 152 Å². The van der Waals surface area contributed by atoms with Crippen LogP contribution in [0.5, 0.6) is 11.5 Å². The number of carbonyl (C=O) groups is 2. The molecule has 0 saturated heterocycles. The molecule has 0 spiro atoms. The van der Waals surface area contributed by atoms with E-state index in [1.54, 1.807) is 37.4 Å². The molecule has 0 aliphatic carbocycles. The summed E-state index contributed by atoms with van der Waals surface area (Å²) in [7, 11) is 3.13. The molecule has 0 radical (unpaired) electrons. The minimum absolute atomic E-state index is 0.0845. The highest BCUT2D eigenvalue weighted by atomic mass is 19.1. The van der Waals surface area contributed by atoms with E-state index in [4.69, 9.17) is 9.47 Å². The Bertz CT molecular complexity index is 789. The first-order valence-corrected chi connectivity index (χ1v) is 8.16. The molecule has 1 atom stereocenters. The van der Waals surface area contributed by atoms with Crippen molar-refractivity contribution >= 4 is 11.7 Å². The van der Waals surface area contributed by atoms with Crippen LogP contribution in [-0.2, 0) is 4.79 Å². The van der Waals surface area contributed by atoms with Gasteiger partial charge < -0.3 is 14.4 Å². The summed E-state index contributed by atoms with van der Waals surface area (Å²) in [6, 6.07) is 10.6. The van der Waals surface area contributed by atoms with Gasteiger partial charge in [0.05, 0.1) is 13.2 Å². The first kappa shape index (κ1) is 19.4. The maximum absolute atomic E-state index is 13.0. The number of ether oxygens (including phenoxy) is 2. The van der Waals surface area contributed by atoms with Crippen molar-refractivity contribution in [3.05, 3.63) is 59.4 Å². The summed E-state index contributed by atoms with van der Waals surface area (Å²) in [5.41, 5.74) is 1.33. The molecule has 0 fully saturated rings. The summed E-state index contributed by atoms with van der Waals surface area (Å²) in [6.07, 6.45) is 0. The van der Waals surface area contributed by atoms with Gasteiger partial charge in [-0.25, -0.2) is 4.39 Å². The number of benzene rings is 2. The fraction of sp³-hybridized carbons (Fsp3) is 0.300. The topological polar surface area (TPSA) is 55.8 Å². The Balaban J connectivity index is 2.03. The van der Waals surface area contributed by atoms with Crippen molar-refractivity contribution in [2.75, 3.05) is 20.8 Å². The van der Waals surface area contributed by atoms with Crippen molar-refractivity contribution < 1.29 is 23.5 Å². The number of methoxy groups -OCH3 is 1. The van der Waals surface area contributed by atoms with Crippen LogP contribution < -0.4 is 9.47 Å². The molecule has 5 nitrogen and oxygen atoms in total. The van der Waals surface area contributed by atoms with E-state index < -0.39 is 0 Å². The lowest BCUT2D eigenvalue weighted by atomic mass is 10.1. The Morgan fingerprint density at radius 3 is 2.35 bits per heavy atom. The van der Waals surface area contributed by atoms with Crippen LogP contribution in [-0.4, -0.2) is 37.4 Å². The van der Waals surface area contributed by atoms with Gasteiger partial charge >= 0.3 is 0 Å². The summed E-state index contributed by atoms with van der Waals surface area (Å²) in [6.45, 7) is 3.13. The van der Waals surface area contributed by atoms with Crippen molar-refractivity contribution in [2.45, 2.75) is 19.9 Å². The van der Waals surface area contributed by atoms with Gasteiger partial charge in [0, 0.05) is 12.6 Å². The van der Waals surface area contributed by atoms with Gasteiger partial charge in [-0.1, -0.05) is 12.1 Å². The molecule has 1 unspecified atom stereocenters. The molecule has 0 N–H and O–H groups in total. The monoisotopic (exact) mass is 359 g/mol. The van der Waals surface area contributed by atoms with Gasteiger partial charge in [0.25, 0.3) is 5.91 Å². The van der Waals surface area contributed by atoms with Crippen LogP contribution in [0.4, 0.5) is 4.39 Å². The molecular formula is C20H22FNO4. The molecule has 138 valence electrons. The average Bonchev–Trinajstić information content (AvgIpc) is 2.65. The predicted octanol–water partition coefficient (Wildman–Crippen LogP) is 3.64. The van der Waals surface area contributed by atoms with Crippen LogP contribution in [0.1, 0.15) is 35.8 Å². The highest BCUT2D eigenvalue weighted by Crippen LogP contribution is 2.28. The zero-order valence-electron chi connectivity index (χ0n) is 15.3. The molecule has 0 aromatic heterocycles. The molecular weight excluding hydrogens is 337 g/mol. The predicted molar refractivity (Wildman–Crippen MR) is 96.1 cm³/mol. The van der Waals surface area contributed by atoms with Gasteiger partial charge in [0.1, 0.15) is 5.82 Å². The number of ketones is 1. The fourth-order valence-corrected chi connectivity index (χ4v) is 2.43. The van der Waals surface area contributed by atoms with Crippen molar-refractivity contribution in [1.82, 2.24) is 4.90 Å². The minimum atomic E-state index is -0.320. The number of Topliss-reactive ketones (excluding diaryl/α,β-unsaturated/α-hetero) is 1. The number of rotatable bonds is 7. The number of nitrogens with zero attached hydrogens (tertiary/aromatic N) is 1. The molecule has 2 aromatic carbocycles. The van der Waals surface area contributed by atoms with Crippen LogP contribution >= 0.6 is 0 Å². The second-order valence-electron chi connectivity index (χ2n) is 5.94. The van der Waals surface area contributed by atoms with Crippen molar-refractivity contribution in [3.63, 3.8) is 0 Å². The standard InChI is InChI=1S/C20H22FNO4/c1-13(15-5-8-17(21)9-6-15)22(3)20(24)12-26-18-10-7-16(14(2)23)11-19(18)25-4/h5-11,13H,12H2,1-4H3. The van der Waals surface area contributed by atoms with E-state index in [1.165, 1.54) is 31.1 Å². The summed E-state index contributed by atoms with van der Waals surface area (Å²) < 4.78 is 23.8. The minimum Gasteiger partial charge on any atom is -0.493 e. The molecule has 0 bridgehead atoms. The van der Waals surface area contributed by atoms with Gasteiger partial charge in [-0.15, -0.1) is 0 Å². The molecule has 2 aromatic rings. The van der Waals surface area contributed by atoms with Gasteiger partial charge in [0.2, 0.25) is 0 Å². The Kier molecular flexibility index (Phi) is 6.33. The van der Waals surface area contributed by atoms with Gasteiger partial charge in [-0.2, -0.15) is 0 Å². The van der Waals surface area contributed by atoms with E-state index >= 15 is 0 Å².